The zero-order valence-corrected chi connectivity index (χ0v) is 12.8. The molecule has 100 valence electrons. The van der Waals surface area contributed by atoms with Gasteiger partial charge in [0.15, 0.2) is 0 Å². The van der Waals surface area contributed by atoms with Crippen molar-refractivity contribution in [3.05, 3.63) is 20.8 Å². The molecule has 2 nitrogen and oxygen atoms in total. The van der Waals surface area contributed by atoms with Crippen LogP contribution >= 0.6 is 27.3 Å². The van der Waals surface area contributed by atoms with Crippen molar-refractivity contribution in [1.29, 1.82) is 0 Å². The molecule has 4 heteroatoms. The van der Waals surface area contributed by atoms with Crippen LogP contribution in [0, 0.1) is 5.92 Å². The van der Waals surface area contributed by atoms with E-state index in [0.29, 0.717) is 5.92 Å². The van der Waals surface area contributed by atoms with Crippen LogP contribution in [-0.4, -0.2) is 17.3 Å². The second kappa shape index (κ2) is 5.23. The van der Waals surface area contributed by atoms with Crippen molar-refractivity contribution in [1.82, 2.24) is 0 Å². The maximum atomic E-state index is 10.5. The topological polar surface area (TPSA) is 29.5 Å². The lowest BCUT2D eigenvalue weighted by atomic mass is 9.81. The van der Waals surface area contributed by atoms with E-state index >= 15 is 0 Å². The van der Waals surface area contributed by atoms with E-state index < -0.39 is 0 Å². The molecule has 1 saturated carbocycles. The molecule has 1 aromatic heterocycles. The summed E-state index contributed by atoms with van der Waals surface area (Å²) < 4.78 is 7.10. The van der Waals surface area contributed by atoms with Crippen LogP contribution < -0.4 is 0 Å². The minimum atomic E-state index is -0.317. The zero-order valence-electron chi connectivity index (χ0n) is 10.4. The average Bonchev–Trinajstić information content (AvgIpc) is 2.98. The molecule has 1 aliphatic carbocycles. The van der Waals surface area contributed by atoms with Gasteiger partial charge in [-0.2, -0.15) is 0 Å². The Morgan fingerprint density at radius 3 is 2.89 bits per heavy atom. The molecule has 0 radical (unpaired) electrons. The predicted molar refractivity (Wildman–Crippen MR) is 76.9 cm³/mol. The Hall–Kier alpha value is 0.1000. The van der Waals surface area contributed by atoms with Crippen LogP contribution in [0.15, 0.2) is 15.9 Å². The number of halogens is 1. The van der Waals surface area contributed by atoms with Gasteiger partial charge in [0.1, 0.15) is 0 Å². The molecule has 2 unspecified atom stereocenters. The van der Waals surface area contributed by atoms with Crippen LogP contribution in [0.3, 0.4) is 0 Å². The van der Waals surface area contributed by atoms with Gasteiger partial charge >= 0.3 is 0 Å². The highest BCUT2D eigenvalue weighted by Gasteiger charge is 2.42. The first-order chi connectivity index (χ1) is 8.69. The van der Waals surface area contributed by atoms with Gasteiger partial charge < -0.3 is 9.84 Å². The van der Waals surface area contributed by atoms with Gasteiger partial charge in [0.2, 0.25) is 0 Å². The van der Waals surface area contributed by atoms with Gasteiger partial charge in [-0.25, -0.2) is 0 Å². The van der Waals surface area contributed by atoms with Crippen LogP contribution in [0.4, 0.5) is 0 Å². The highest BCUT2D eigenvalue weighted by atomic mass is 79.9. The third-order valence-corrected chi connectivity index (χ3v) is 6.14. The summed E-state index contributed by atoms with van der Waals surface area (Å²) in [6.07, 6.45) is 6.64. The Balaban J connectivity index is 1.72. The van der Waals surface area contributed by atoms with Gasteiger partial charge in [-0.1, -0.05) is 12.8 Å². The van der Waals surface area contributed by atoms with E-state index in [1.165, 1.54) is 25.7 Å². The molecule has 2 aliphatic rings. The van der Waals surface area contributed by atoms with E-state index in [4.69, 9.17) is 4.74 Å². The smallest absolute Gasteiger partial charge is 0.0912 e. The van der Waals surface area contributed by atoms with Crippen LogP contribution in [0.5, 0.6) is 0 Å². The molecule has 0 amide bonds. The van der Waals surface area contributed by atoms with Crippen molar-refractivity contribution in [3.8, 4) is 0 Å². The summed E-state index contributed by atoms with van der Waals surface area (Å²) >= 11 is 5.10. The van der Waals surface area contributed by atoms with Crippen molar-refractivity contribution in [3.63, 3.8) is 0 Å². The van der Waals surface area contributed by atoms with E-state index in [1.54, 1.807) is 11.3 Å². The van der Waals surface area contributed by atoms with Crippen molar-refractivity contribution >= 4 is 27.3 Å². The zero-order chi connectivity index (χ0) is 12.6. The Labute approximate surface area is 120 Å². The second-order valence-electron chi connectivity index (χ2n) is 5.60. The minimum Gasteiger partial charge on any atom is -0.387 e. The largest absolute Gasteiger partial charge is 0.387 e. The van der Waals surface area contributed by atoms with Gasteiger partial charge in [0.25, 0.3) is 0 Å². The summed E-state index contributed by atoms with van der Waals surface area (Å²) in [5.41, 5.74) is 0.0956. The quantitative estimate of drug-likeness (QED) is 0.876. The standard InChI is InChI=1S/C14H19BrO2S/c15-11-7-12(18-9-11)13(16)10-3-6-17-14(8-10)4-1-2-5-14/h7,9-10,13,16H,1-6,8H2. The fourth-order valence-corrected chi connectivity index (χ4v) is 4.94. The van der Waals surface area contributed by atoms with Crippen molar-refractivity contribution in [2.75, 3.05) is 6.61 Å². The molecular weight excluding hydrogens is 312 g/mol. The first kappa shape index (κ1) is 13.1. The van der Waals surface area contributed by atoms with Gasteiger partial charge in [-0.3, -0.25) is 0 Å². The molecule has 1 aliphatic heterocycles. The summed E-state index contributed by atoms with van der Waals surface area (Å²) in [6, 6.07) is 2.05. The normalized spacial score (nSPS) is 28.7. The first-order valence-corrected chi connectivity index (χ1v) is 8.42. The third kappa shape index (κ3) is 2.53. The SMILES string of the molecule is OC(c1cc(Br)cs1)C1CCOC2(CCCC2)C1. The van der Waals surface area contributed by atoms with Crippen LogP contribution in [0.25, 0.3) is 0 Å². The summed E-state index contributed by atoms with van der Waals surface area (Å²) in [7, 11) is 0. The molecular formula is C14H19BrO2S. The number of thiophene rings is 1. The number of aliphatic hydroxyl groups excluding tert-OH is 1. The molecule has 0 aromatic carbocycles. The number of ether oxygens (including phenoxy) is 1. The molecule has 2 fully saturated rings. The first-order valence-electron chi connectivity index (χ1n) is 6.74. The summed E-state index contributed by atoms with van der Waals surface area (Å²) in [5.74, 6) is 0.363. The molecule has 0 bridgehead atoms. The summed E-state index contributed by atoms with van der Waals surface area (Å²) in [5, 5.41) is 12.6. The van der Waals surface area contributed by atoms with E-state index in [0.717, 1.165) is 28.8 Å². The molecule has 2 atom stereocenters. The lowest BCUT2D eigenvalue weighted by Gasteiger charge is -2.39. The number of hydrogen-bond donors (Lipinski definition) is 1. The summed E-state index contributed by atoms with van der Waals surface area (Å²) in [4.78, 5) is 1.09. The van der Waals surface area contributed by atoms with Crippen molar-refractivity contribution < 1.29 is 9.84 Å². The van der Waals surface area contributed by atoms with E-state index in [-0.39, 0.29) is 11.7 Å². The predicted octanol–water partition coefficient (Wildman–Crippen LogP) is 4.28. The Bertz CT molecular complexity index is 412. The second-order valence-corrected chi connectivity index (χ2v) is 7.46. The van der Waals surface area contributed by atoms with Crippen LogP contribution in [-0.2, 0) is 4.74 Å². The van der Waals surface area contributed by atoms with Gasteiger partial charge in [0, 0.05) is 21.3 Å². The Morgan fingerprint density at radius 1 is 1.44 bits per heavy atom. The molecule has 2 heterocycles. The Kier molecular flexibility index (Phi) is 3.81. The van der Waals surface area contributed by atoms with Gasteiger partial charge in [-0.15, -0.1) is 11.3 Å². The fraction of sp³-hybridized carbons (Fsp3) is 0.714. The number of rotatable bonds is 2. The average molecular weight is 331 g/mol. The molecule has 1 N–H and O–H groups in total. The van der Waals surface area contributed by atoms with Crippen molar-refractivity contribution in [2.45, 2.75) is 50.2 Å². The molecule has 1 saturated heterocycles. The lowest BCUT2D eigenvalue weighted by molar-refractivity contribution is -0.113. The highest BCUT2D eigenvalue weighted by Crippen LogP contribution is 2.46. The monoisotopic (exact) mass is 330 g/mol. The number of aliphatic hydroxyl groups is 1. The fourth-order valence-electron chi connectivity index (χ4n) is 3.42. The maximum absolute atomic E-state index is 10.5. The van der Waals surface area contributed by atoms with Gasteiger partial charge in [0.05, 0.1) is 11.7 Å². The highest BCUT2D eigenvalue weighted by molar-refractivity contribution is 9.10. The third-order valence-electron chi connectivity index (χ3n) is 4.37. The minimum absolute atomic E-state index is 0.0956. The van der Waals surface area contributed by atoms with Crippen LogP contribution in [0.1, 0.15) is 49.5 Å². The summed E-state index contributed by atoms with van der Waals surface area (Å²) in [6.45, 7) is 0.814. The molecule has 3 rings (SSSR count). The molecule has 1 spiro atoms. The number of hydrogen-bond acceptors (Lipinski definition) is 3. The van der Waals surface area contributed by atoms with E-state index in [2.05, 4.69) is 15.9 Å². The van der Waals surface area contributed by atoms with Gasteiger partial charge in [-0.05, 0) is 53.6 Å². The van der Waals surface area contributed by atoms with Crippen molar-refractivity contribution in [2.24, 2.45) is 5.92 Å². The Morgan fingerprint density at radius 2 is 2.22 bits per heavy atom. The molecule has 18 heavy (non-hydrogen) atoms. The van der Waals surface area contributed by atoms with E-state index in [9.17, 15) is 5.11 Å². The van der Waals surface area contributed by atoms with E-state index in [1.807, 2.05) is 11.4 Å². The lowest BCUT2D eigenvalue weighted by Crippen LogP contribution is -2.39. The van der Waals surface area contributed by atoms with Crippen LogP contribution in [0.2, 0.25) is 0 Å². The molecule has 1 aromatic rings. The maximum Gasteiger partial charge on any atom is 0.0912 e.